The fourth-order valence-electron chi connectivity index (χ4n) is 3.92. The van der Waals surface area contributed by atoms with Gasteiger partial charge in [0, 0.05) is 0 Å². The summed E-state index contributed by atoms with van der Waals surface area (Å²) in [5.74, 6) is 0. The van der Waals surface area contributed by atoms with Crippen molar-refractivity contribution < 1.29 is 18.0 Å². The summed E-state index contributed by atoms with van der Waals surface area (Å²) >= 11 is 0. The third kappa shape index (κ3) is 6.57. The highest BCUT2D eigenvalue weighted by molar-refractivity contribution is 6.75. The Kier molecular flexibility index (Phi) is 9.03. The lowest BCUT2D eigenvalue weighted by molar-refractivity contribution is -0.0470. The van der Waals surface area contributed by atoms with E-state index in [1.54, 1.807) is 6.33 Å². The number of aromatic amines is 1. The van der Waals surface area contributed by atoms with E-state index in [4.69, 9.17) is 18.0 Å². The highest BCUT2D eigenvalue weighted by Gasteiger charge is 2.55. The normalized spacial score (nSPS) is 23.8. The first kappa shape index (κ1) is 33.3. The lowest BCUT2D eigenvalue weighted by Gasteiger charge is -2.44. The van der Waals surface area contributed by atoms with Crippen LogP contribution in [0.25, 0.3) is 11.2 Å². The fourth-order valence-corrected chi connectivity index (χ4v) is 7.54. The smallest absolute Gasteiger partial charge is 0.278 e. The second-order valence-electron chi connectivity index (χ2n) is 15.9. The van der Waals surface area contributed by atoms with E-state index in [1.165, 1.54) is 6.33 Å². The second kappa shape index (κ2) is 10.8. The zero-order valence-corrected chi connectivity index (χ0v) is 30.6. The Morgan fingerprint density at radius 1 is 0.825 bits per heavy atom. The summed E-state index contributed by atoms with van der Waals surface area (Å²) < 4.78 is 29.8. The maximum atomic E-state index is 12.5. The number of aromatic nitrogens is 4. The van der Waals surface area contributed by atoms with Crippen molar-refractivity contribution in [1.82, 2.24) is 19.5 Å². The molecule has 0 spiro atoms. The van der Waals surface area contributed by atoms with Crippen LogP contribution in [-0.4, -0.2) is 69.4 Å². The number of rotatable bonds is 8. The van der Waals surface area contributed by atoms with Gasteiger partial charge in [-0.1, -0.05) is 62.3 Å². The third-order valence-electron chi connectivity index (χ3n) is 9.81. The predicted molar refractivity (Wildman–Crippen MR) is 169 cm³/mol. The van der Waals surface area contributed by atoms with Crippen molar-refractivity contribution in [3.63, 3.8) is 0 Å². The molecule has 0 bridgehead atoms. The van der Waals surface area contributed by atoms with Gasteiger partial charge in [-0.05, 0) is 54.4 Å². The minimum Gasteiger partial charge on any atom is -0.414 e. The van der Waals surface area contributed by atoms with Crippen LogP contribution in [0.4, 0.5) is 0 Å². The first-order chi connectivity index (χ1) is 17.9. The number of H-pyrrole nitrogens is 1. The van der Waals surface area contributed by atoms with Gasteiger partial charge in [-0.15, -0.1) is 0 Å². The van der Waals surface area contributed by atoms with Crippen LogP contribution >= 0.6 is 0 Å². The first-order valence-corrected chi connectivity index (χ1v) is 23.2. The Hall–Kier alpha value is -1.16. The molecule has 1 aliphatic rings. The standard InChI is InChI=1S/C28H54N4O5Si3/c1-26(2,3)38(10,11)34-16-19-21(36-39(12,13)27(4,5)6)22(37-40(14,15)28(7,8)9)25(35-19)32-18-31-20-23(32)29-17-30-24(20)33/h17-19,21-22,25H,16H2,1-15H3,(H,29,30,33)/t19-,21+,22?,25-/m1/s1. The molecule has 0 aliphatic carbocycles. The average Bonchev–Trinajstić information content (AvgIpc) is 3.32. The number of imidazole rings is 1. The number of nitrogens with one attached hydrogen (secondary N) is 1. The van der Waals surface area contributed by atoms with E-state index in [9.17, 15) is 4.79 Å². The molecule has 0 saturated carbocycles. The van der Waals surface area contributed by atoms with Crippen molar-refractivity contribution in [2.75, 3.05) is 6.61 Å². The quantitative estimate of drug-likeness (QED) is 0.327. The van der Waals surface area contributed by atoms with Crippen molar-refractivity contribution in [3.8, 4) is 0 Å². The molecule has 9 nitrogen and oxygen atoms in total. The SMILES string of the molecule is CC(C)(C)[Si](C)(C)OC[C@H]1O[C@@H](n2cnc3c(=O)[nH]cnc32)C(O[Si](C)(C)C(C)(C)C)[C@H]1O[Si](C)(C)C(C)(C)C. The molecule has 228 valence electrons. The number of nitrogens with zero attached hydrogens (tertiary/aromatic N) is 3. The molecule has 2 aromatic heterocycles. The molecule has 1 fully saturated rings. The fraction of sp³-hybridized carbons (Fsp3) is 0.821. The zero-order chi connectivity index (χ0) is 30.7. The summed E-state index contributed by atoms with van der Waals surface area (Å²) in [4.78, 5) is 24.0. The predicted octanol–water partition coefficient (Wildman–Crippen LogP) is 6.82. The molecule has 2 aromatic rings. The first-order valence-electron chi connectivity index (χ1n) is 14.4. The Morgan fingerprint density at radius 3 is 1.82 bits per heavy atom. The summed E-state index contributed by atoms with van der Waals surface area (Å²) in [7, 11) is -6.60. The van der Waals surface area contributed by atoms with Crippen molar-refractivity contribution in [3.05, 3.63) is 23.0 Å². The molecule has 1 unspecified atom stereocenters. The van der Waals surface area contributed by atoms with E-state index in [0.717, 1.165) is 0 Å². The molecule has 12 heteroatoms. The molecule has 1 aliphatic heterocycles. The molecule has 40 heavy (non-hydrogen) atoms. The van der Waals surface area contributed by atoms with Gasteiger partial charge < -0.3 is 23.0 Å². The Morgan fingerprint density at radius 2 is 1.32 bits per heavy atom. The van der Waals surface area contributed by atoms with Crippen LogP contribution in [0.5, 0.6) is 0 Å². The van der Waals surface area contributed by atoms with E-state index < -0.39 is 37.3 Å². The minimum absolute atomic E-state index is 0.00595. The Bertz CT molecular complexity index is 1240. The number of hydrogen-bond acceptors (Lipinski definition) is 7. The highest BCUT2D eigenvalue weighted by Crippen LogP contribution is 2.46. The molecule has 4 atom stereocenters. The molecule has 3 heterocycles. The van der Waals surface area contributed by atoms with Crippen molar-refractivity contribution in [2.45, 2.75) is 141 Å². The van der Waals surface area contributed by atoms with Gasteiger partial charge in [0.1, 0.15) is 18.3 Å². The van der Waals surface area contributed by atoms with Crippen LogP contribution in [0, 0.1) is 0 Å². The molecule has 0 amide bonds. The third-order valence-corrected chi connectivity index (χ3v) is 23.3. The van der Waals surface area contributed by atoms with Crippen LogP contribution in [0.2, 0.25) is 54.4 Å². The molecule has 0 radical (unpaired) electrons. The zero-order valence-electron chi connectivity index (χ0n) is 27.6. The molecule has 1 N–H and O–H groups in total. The van der Waals surface area contributed by atoms with Gasteiger partial charge in [0.05, 0.1) is 19.3 Å². The summed E-state index contributed by atoms with van der Waals surface area (Å²) in [6.45, 7) is 34.1. The monoisotopic (exact) mass is 610 g/mol. The van der Waals surface area contributed by atoms with Gasteiger partial charge in [0.25, 0.3) is 5.56 Å². The summed E-state index contributed by atoms with van der Waals surface area (Å²) in [6, 6.07) is 0. The number of fused-ring (bicyclic) bond motifs is 1. The van der Waals surface area contributed by atoms with Crippen LogP contribution in [0.15, 0.2) is 17.4 Å². The minimum atomic E-state index is -2.28. The van der Waals surface area contributed by atoms with Gasteiger partial charge in [-0.25, -0.2) is 9.97 Å². The van der Waals surface area contributed by atoms with Gasteiger partial charge in [0.15, 0.2) is 42.3 Å². The van der Waals surface area contributed by atoms with E-state index in [1.807, 2.05) is 4.57 Å². The molecular formula is C28H54N4O5Si3. The molecule has 1 saturated heterocycles. The van der Waals surface area contributed by atoms with Gasteiger partial charge in [-0.2, -0.15) is 0 Å². The van der Waals surface area contributed by atoms with Crippen LogP contribution in [0.1, 0.15) is 68.5 Å². The van der Waals surface area contributed by atoms with Crippen molar-refractivity contribution in [2.24, 2.45) is 0 Å². The topological polar surface area (TPSA) is 100 Å². The average molecular weight is 611 g/mol. The lowest BCUT2D eigenvalue weighted by Crippen LogP contribution is -2.54. The largest absolute Gasteiger partial charge is 0.414 e. The highest BCUT2D eigenvalue weighted by atomic mass is 28.4. The van der Waals surface area contributed by atoms with Crippen LogP contribution in [-0.2, 0) is 18.0 Å². The molecular weight excluding hydrogens is 557 g/mol. The van der Waals surface area contributed by atoms with Crippen molar-refractivity contribution >= 4 is 36.1 Å². The van der Waals surface area contributed by atoms with E-state index in [0.29, 0.717) is 12.3 Å². The number of ether oxygens (including phenoxy) is 1. The van der Waals surface area contributed by atoms with E-state index in [2.05, 4.69) is 117 Å². The van der Waals surface area contributed by atoms with Gasteiger partial charge in [0.2, 0.25) is 0 Å². The summed E-state index contributed by atoms with van der Waals surface area (Å²) in [5, 5.41) is 0.0263. The van der Waals surface area contributed by atoms with Gasteiger partial charge in [-0.3, -0.25) is 9.36 Å². The van der Waals surface area contributed by atoms with Crippen molar-refractivity contribution in [1.29, 1.82) is 0 Å². The summed E-state index contributed by atoms with van der Waals surface area (Å²) in [6.07, 6.45) is 1.33. The lowest BCUT2D eigenvalue weighted by atomic mass is 10.1. The molecule has 3 rings (SSSR count). The van der Waals surface area contributed by atoms with Crippen LogP contribution < -0.4 is 5.56 Å². The second-order valence-corrected chi connectivity index (χ2v) is 30.2. The number of hydrogen-bond donors (Lipinski definition) is 1. The molecule has 0 aromatic carbocycles. The maximum Gasteiger partial charge on any atom is 0.278 e. The summed E-state index contributed by atoms with van der Waals surface area (Å²) in [5.41, 5.74) is 0.463. The van der Waals surface area contributed by atoms with Gasteiger partial charge >= 0.3 is 0 Å². The Labute approximate surface area is 244 Å². The Balaban J connectivity index is 2.15. The van der Waals surface area contributed by atoms with E-state index >= 15 is 0 Å². The van der Waals surface area contributed by atoms with E-state index in [-0.39, 0.29) is 38.4 Å². The maximum absolute atomic E-state index is 12.5. The van der Waals surface area contributed by atoms with Crippen LogP contribution in [0.3, 0.4) is 0 Å².